The van der Waals surface area contributed by atoms with Crippen LogP contribution in [-0.2, 0) is 4.79 Å². The molecule has 0 aliphatic carbocycles. The summed E-state index contributed by atoms with van der Waals surface area (Å²) in [5, 5.41) is 18.9. The van der Waals surface area contributed by atoms with E-state index in [1.165, 1.54) is 0 Å². The minimum Gasteiger partial charge on any atom is -0.481 e. The predicted molar refractivity (Wildman–Crippen MR) is 56.1 cm³/mol. The maximum atomic E-state index is 10.9. The summed E-state index contributed by atoms with van der Waals surface area (Å²) in [7, 11) is 0. The Hall–Kier alpha value is -0.830. The maximum absolute atomic E-state index is 10.9. The van der Waals surface area contributed by atoms with E-state index in [9.17, 15) is 9.90 Å². The molecule has 0 aromatic rings. The molecule has 0 aliphatic heterocycles. The van der Waals surface area contributed by atoms with Gasteiger partial charge in [0.15, 0.2) is 0 Å². The third-order valence-corrected chi connectivity index (χ3v) is 2.35. The summed E-state index contributed by atoms with van der Waals surface area (Å²) in [6, 6.07) is 0. The lowest BCUT2D eigenvalue weighted by Crippen LogP contribution is -2.37. The zero-order valence-corrected chi connectivity index (χ0v) is 9.16. The molecule has 0 spiro atoms. The monoisotopic (exact) mass is 200 g/mol. The average Bonchev–Trinajstić information content (AvgIpc) is 2.03. The topological polar surface area (TPSA) is 57.5 Å². The molecule has 3 nitrogen and oxygen atoms in total. The number of unbranched alkanes of at least 4 members (excludes halogenated alkanes) is 1. The van der Waals surface area contributed by atoms with Crippen LogP contribution in [0, 0.1) is 5.92 Å². The minimum absolute atomic E-state index is 0.517. The Balaban J connectivity index is 4.54. The van der Waals surface area contributed by atoms with Crippen LogP contribution in [0.3, 0.4) is 0 Å². The van der Waals surface area contributed by atoms with Gasteiger partial charge in [0.05, 0.1) is 11.5 Å². The number of allylic oxidation sites excluding steroid dienone is 1. The van der Waals surface area contributed by atoms with Crippen molar-refractivity contribution in [3.63, 3.8) is 0 Å². The van der Waals surface area contributed by atoms with E-state index in [1.54, 1.807) is 26.0 Å². The SMILES string of the molecule is CC=CC(C)(O)C(CCCC)C(=O)O. The average molecular weight is 200 g/mol. The van der Waals surface area contributed by atoms with E-state index in [2.05, 4.69) is 0 Å². The number of rotatable bonds is 6. The normalized spacial score (nSPS) is 18.0. The highest BCUT2D eigenvalue weighted by atomic mass is 16.4. The molecule has 0 fully saturated rings. The first-order valence-electron chi connectivity index (χ1n) is 5.04. The van der Waals surface area contributed by atoms with Gasteiger partial charge in [0.1, 0.15) is 0 Å². The van der Waals surface area contributed by atoms with Crippen LogP contribution in [0.25, 0.3) is 0 Å². The highest BCUT2D eigenvalue weighted by Crippen LogP contribution is 2.24. The molecule has 0 rings (SSSR count). The molecule has 2 unspecified atom stereocenters. The standard InChI is InChI=1S/C11H20O3/c1-4-6-7-9(10(12)13)11(3,14)8-5-2/h5,8-9,14H,4,6-7H2,1-3H3,(H,12,13). The van der Waals surface area contributed by atoms with Gasteiger partial charge in [-0.05, 0) is 20.3 Å². The number of carbonyl (C=O) groups is 1. The summed E-state index contributed by atoms with van der Waals surface area (Å²) >= 11 is 0. The highest BCUT2D eigenvalue weighted by Gasteiger charge is 2.34. The lowest BCUT2D eigenvalue weighted by atomic mass is 9.85. The Bertz CT molecular complexity index is 207. The van der Waals surface area contributed by atoms with Crippen molar-refractivity contribution in [1.82, 2.24) is 0 Å². The summed E-state index contributed by atoms with van der Waals surface area (Å²) in [5.74, 6) is -1.64. The molecule has 0 radical (unpaired) electrons. The van der Waals surface area contributed by atoms with Crippen molar-refractivity contribution in [3.8, 4) is 0 Å². The van der Waals surface area contributed by atoms with Crippen LogP contribution in [0.5, 0.6) is 0 Å². The van der Waals surface area contributed by atoms with Gasteiger partial charge in [-0.25, -0.2) is 0 Å². The van der Waals surface area contributed by atoms with Crippen LogP contribution in [0.2, 0.25) is 0 Å². The second kappa shape index (κ2) is 5.81. The zero-order chi connectivity index (χ0) is 11.2. The van der Waals surface area contributed by atoms with E-state index < -0.39 is 17.5 Å². The fourth-order valence-corrected chi connectivity index (χ4v) is 1.53. The third-order valence-electron chi connectivity index (χ3n) is 2.35. The maximum Gasteiger partial charge on any atom is 0.309 e. The van der Waals surface area contributed by atoms with Gasteiger partial charge >= 0.3 is 5.97 Å². The van der Waals surface area contributed by atoms with Crippen molar-refractivity contribution in [2.24, 2.45) is 5.92 Å². The van der Waals surface area contributed by atoms with Crippen molar-refractivity contribution in [2.75, 3.05) is 0 Å². The van der Waals surface area contributed by atoms with Crippen LogP contribution in [0.15, 0.2) is 12.2 Å². The number of hydrogen-bond acceptors (Lipinski definition) is 2. The summed E-state index contributed by atoms with van der Waals surface area (Å²) < 4.78 is 0. The second-order valence-corrected chi connectivity index (χ2v) is 3.76. The summed E-state index contributed by atoms with van der Waals surface area (Å²) in [4.78, 5) is 10.9. The van der Waals surface area contributed by atoms with Gasteiger partial charge in [0, 0.05) is 0 Å². The molecule has 14 heavy (non-hydrogen) atoms. The fourth-order valence-electron chi connectivity index (χ4n) is 1.53. The number of carboxylic acid groups (broad SMARTS) is 1. The molecule has 0 aromatic heterocycles. The molecule has 0 aromatic carbocycles. The van der Waals surface area contributed by atoms with Crippen molar-refractivity contribution < 1.29 is 15.0 Å². The Morgan fingerprint density at radius 1 is 1.57 bits per heavy atom. The van der Waals surface area contributed by atoms with E-state index in [1.807, 2.05) is 6.92 Å². The molecule has 0 heterocycles. The van der Waals surface area contributed by atoms with E-state index in [-0.39, 0.29) is 0 Å². The van der Waals surface area contributed by atoms with Crippen LogP contribution >= 0.6 is 0 Å². The number of carboxylic acids is 1. The number of aliphatic hydroxyl groups is 1. The van der Waals surface area contributed by atoms with Crippen LogP contribution in [0.4, 0.5) is 0 Å². The Kier molecular flexibility index (Phi) is 5.46. The van der Waals surface area contributed by atoms with Gasteiger partial charge < -0.3 is 10.2 Å². The predicted octanol–water partition coefficient (Wildman–Crippen LogP) is 2.20. The Morgan fingerprint density at radius 2 is 2.14 bits per heavy atom. The second-order valence-electron chi connectivity index (χ2n) is 3.76. The first-order valence-corrected chi connectivity index (χ1v) is 5.04. The van der Waals surface area contributed by atoms with Gasteiger partial charge in [-0.3, -0.25) is 4.79 Å². The largest absolute Gasteiger partial charge is 0.481 e. The van der Waals surface area contributed by atoms with Crippen LogP contribution in [0.1, 0.15) is 40.0 Å². The molecule has 0 saturated carbocycles. The molecular formula is C11H20O3. The smallest absolute Gasteiger partial charge is 0.309 e. The molecule has 2 N–H and O–H groups in total. The fraction of sp³-hybridized carbons (Fsp3) is 0.727. The van der Waals surface area contributed by atoms with Crippen molar-refractivity contribution in [2.45, 2.75) is 45.6 Å². The highest BCUT2D eigenvalue weighted by molar-refractivity contribution is 5.71. The van der Waals surface area contributed by atoms with E-state index in [0.29, 0.717) is 6.42 Å². The summed E-state index contributed by atoms with van der Waals surface area (Å²) in [6.45, 7) is 5.32. The van der Waals surface area contributed by atoms with Crippen LogP contribution < -0.4 is 0 Å². The quantitative estimate of drug-likeness (QED) is 0.646. The summed E-state index contributed by atoms with van der Waals surface area (Å²) in [6.07, 6.45) is 5.51. The third kappa shape index (κ3) is 3.92. The molecule has 82 valence electrons. The first-order chi connectivity index (χ1) is 6.45. The lowest BCUT2D eigenvalue weighted by molar-refractivity contribution is -0.148. The van der Waals surface area contributed by atoms with E-state index in [0.717, 1.165) is 12.8 Å². The van der Waals surface area contributed by atoms with Crippen molar-refractivity contribution in [3.05, 3.63) is 12.2 Å². The van der Waals surface area contributed by atoms with Gasteiger partial charge in [0.25, 0.3) is 0 Å². The number of aliphatic carboxylic acids is 1. The Labute approximate surface area is 85.4 Å². The van der Waals surface area contributed by atoms with Gasteiger partial charge in [0.2, 0.25) is 0 Å². The minimum atomic E-state index is -1.24. The van der Waals surface area contributed by atoms with E-state index >= 15 is 0 Å². The molecule has 0 saturated heterocycles. The van der Waals surface area contributed by atoms with E-state index in [4.69, 9.17) is 5.11 Å². The Morgan fingerprint density at radius 3 is 2.50 bits per heavy atom. The van der Waals surface area contributed by atoms with Gasteiger partial charge in [-0.2, -0.15) is 0 Å². The molecule has 3 heteroatoms. The van der Waals surface area contributed by atoms with Crippen molar-refractivity contribution >= 4 is 5.97 Å². The lowest BCUT2D eigenvalue weighted by Gasteiger charge is -2.26. The van der Waals surface area contributed by atoms with Crippen molar-refractivity contribution in [1.29, 1.82) is 0 Å². The molecular weight excluding hydrogens is 180 g/mol. The summed E-state index contributed by atoms with van der Waals surface area (Å²) in [5.41, 5.74) is -1.24. The zero-order valence-electron chi connectivity index (χ0n) is 9.16. The molecule has 2 atom stereocenters. The molecule has 0 amide bonds. The molecule has 0 bridgehead atoms. The van der Waals surface area contributed by atoms with Gasteiger partial charge in [-0.1, -0.05) is 31.9 Å². The molecule has 0 aliphatic rings. The van der Waals surface area contributed by atoms with Gasteiger partial charge in [-0.15, -0.1) is 0 Å². The van der Waals surface area contributed by atoms with Crippen LogP contribution in [-0.4, -0.2) is 21.8 Å². The first kappa shape index (κ1) is 13.2. The number of hydrogen-bond donors (Lipinski definition) is 2.